The Morgan fingerprint density at radius 1 is 0.415 bits per heavy atom. The van der Waals surface area contributed by atoms with Crippen LogP contribution in [-0.2, 0) is 5.41 Å². The predicted molar refractivity (Wildman–Crippen MR) is 229 cm³/mol. The fourth-order valence-electron chi connectivity index (χ4n) is 8.18. The van der Waals surface area contributed by atoms with E-state index in [9.17, 15) is 0 Å². The van der Waals surface area contributed by atoms with Crippen molar-refractivity contribution in [3.8, 4) is 11.1 Å². The van der Waals surface area contributed by atoms with Gasteiger partial charge in [-0.2, -0.15) is 0 Å². The monoisotopic (exact) mass is 692 g/mol. The van der Waals surface area contributed by atoms with Crippen molar-refractivity contribution in [2.24, 2.45) is 0 Å². The van der Waals surface area contributed by atoms with Gasteiger partial charge in [0.1, 0.15) is 0 Å². The van der Waals surface area contributed by atoms with Gasteiger partial charge in [0.25, 0.3) is 0 Å². The highest BCUT2D eigenvalue weighted by atomic mass is 15.1. The zero-order valence-corrected chi connectivity index (χ0v) is 31.9. The fraction of sp³-hybridized carbons (Fsp3) is 0.216. The Morgan fingerprint density at radius 2 is 0.698 bits per heavy atom. The summed E-state index contributed by atoms with van der Waals surface area (Å²) in [6, 6.07) is 50.1. The van der Waals surface area contributed by atoms with Gasteiger partial charge in [0.05, 0.1) is 0 Å². The van der Waals surface area contributed by atoms with Gasteiger partial charge in [-0.25, -0.2) is 0 Å². The average molecular weight is 693 g/mol. The van der Waals surface area contributed by atoms with Crippen LogP contribution in [0.15, 0.2) is 159 Å². The Labute approximate surface area is 317 Å². The summed E-state index contributed by atoms with van der Waals surface area (Å²) < 4.78 is 0. The highest BCUT2D eigenvalue weighted by Gasteiger charge is 2.43. The summed E-state index contributed by atoms with van der Waals surface area (Å²) in [5, 5.41) is 0. The van der Waals surface area contributed by atoms with Gasteiger partial charge in [0.15, 0.2) is 0 Å². The number of allylic oxidation sites excluding steroid dienone is 2. The minimum Gasteiger partial charge on any atom is -0.310 e. The summed E-state index contributed by atoms with van der Waals surface area (Å²) in [5.74, 6) is 0. The maximum atomic E-state index is 4.12. The maximum Gasteiger partial charge on any atom is 0.0465 e. The first-order valence-corrected chi connectivity index (χ1v) is 19.2. The van der Waals surface area contributed by atoms with Gasteiger partial charge in [0, 0.05) is 39.5 Å². The largest absolute Gasteiger partial charge is 0.310 e. The minimum absolute atomic E-state index is 0.166. The number of hydrogen-bond acceptors (Lipinski definition) is 2. The summed E-state index contributed by atoms with van der Waals surface area (Å²) in [6.07, 6.45) is 10.4. The van der Waals surface area contributed by atoms with Gasteiger partial charge >= 0.3 is 0 Å². The Hall–Kier alpha value is -5.60. The van der Waals surface area contributed by atoms with Gasteiger partial charge in [-0.1, -0.05) is 95.1 Å². The Balaban J connectivity index is 1.43. The SMILES string of the molecule is C=CCCCC1(CCCC=C)c2cc(N(c3ccc(C)cc3)c3ccc(C)cc3)ccc2-c2ccc(N(c3ccc(C)cc3)c3ccc(C)cc3)cc21. The smallest absolute Gasteiger partial charge is 0.0465 e. The van der Waals surface area contributed by atoms with E-state index in [1.807, 2.05) is 0 Å². The third-order valence-electron chi connectivity index (χ3n) is 11.0. The van der Waals surface area contributed by atoms with Crippen molar-refractivity contribution in [3.05, 3.63) is 192 Å². The molecule has 0 saturated carbocycles. The Bertz CT molecular complexity index is 1940. The standard InChI is InChI=1S/C51H52N2/c1-7-9-11-33-51(34-12-10-8-2)49-35-45(52(41-21-13-37(3)14-22-41)42-23-15-38(4)16-24-42)29-31-47(49)48-32-30-46(36-50(48)51)53(43-25-17-39(5)18-26-43)44-27-19-40(6)20-28-44/h7-8,13-32,35-36H,1-2,9-12,33-34H2,3-6H3. The van der Waals surface area contributed by atoms with E-state index in [2.05, 4.69) is 196 Å². The molecule has 2 heteroatoms. The van der Waals surface area contributed by atoms with Crippen LogP contribution in [0.1, 0.15) is 71.9 Å². The Morgan fingerprint density at radius 3 is 0.981 bits per heavy atom. The molecule has 0 saturated heterocycles. The van der Waals surface area contributed by atoms with Gasteiger partial charge in [-0.3, -0.25) is 0 Å². The topological polar surface area (TPSA) is 6.48 Å². The van der Waals surface area contributed by atoms with Crippen LogP contribution in [-0.4, -0.2) is 0 Å². The van der Waals surface area contributed by atoms with E-state index in [0.29, 0.717) is 0 Å². The molecule has 0 aromatic heterocycles. The second kappa shape index (κ2) is 15.6. The lowest BCUT2D eigenvalue weighted by Crippen LogP contribution is -2.26. The van der Waals surface area contributed by atoms with Crippen molar-refractivity contribution in [3.63, 3.8) is 0 Å². The summed E-state index contributed by atoms with van der Waals surface area (Å²) in [6.45, 7) is 16.9. The van der Waals surface area contributed by atoms with E-state index in [1.165, 1.54) is 55.9 Å². The molecule has 1 aliphatic rings. The number of nitrogens with zero attached hydrogens (tertiary/aromatic N) is 2. The van der Waals surface area contributed by atoms with Gasteiger partial charge in [-0.05, 0) is 161 Å². The summed E-state index contributed by atoms with van der Waals surface area (Å²) >= 11 is 0. The van der Waals surface area contributed by atoms with E-state index in [4.69, 9.17) is 0 Å². The molecule has 266 valence electrons. The lowest BCUT2D eigenvalue weighted by Gasteiger charge is -2.35. The van der Waals surface area contributed by atoms with Crippen LogP contribution in [0.25, 0.3) is 11.1 Å². The van der Waals surface area contributed by atoms with Crippen LogP contribution in [0.4, 0.5) is 34.1 Å². The molecule has 0 N–H and O–H groups in total. The van der Waals surface area contributed by atoms with E-state index < -0.39 is 0 Å². The second-order valence-corrected chi connectivity index (χ2v) is 14.9. The van der Waals surface area contributed by atoms with Crippen molar-refractivity contribution in [2.75, 3.05) is 9.80 Å². The molecule has 0 bridgehead atoms. The first-order chi connectivity index (χ1) is 25.8. The molecule has 0 spiro atoms. The van der Waals surface area contributed by atoms with Crippen molar-refractivity contribution in [1.82, 2.24) is 0 Å². The van der Waals surface area contributed by atoms with E-state index in [-0.39, 0.29) is 5.41 Å². The number of anilines is 6. The molecule has 0 unspecified atom stereocenters. The second-order valence-electron chi connectivity index (χ2n) is 14.9. The molecule has 1 aliphatic carbocycles. The molecule has 0 heterocycles. The lowest BCUT2D eigenvalue weighted by atomic mass is 9.70. The molecule has 2 nitrogen and oxygen atoms in total. The summed E-state index contributed by atoms with van der Waals surface area (Å²) in [4.78, 5) is 4.84. The van der Waals surface area contributed by atoms with Gasteiger partial charge in [-0.15, -0.1) is 13.2 Å². The highest BCUT2D eigenvalue weighted by molar-refractivity contribution is 5.88. The molecular weight excluding hydrogens is 641 g/mol. The number of unbranched alkanes of at least 4 members (excludes halogenated alkanes) is 2. The molecular formula is C51H52N2. The quantitative estimate of drug-likeness (QED) is 0.0828. The number of aryl methyl sites for hydroxylation is 4. The van der Waals surface area contributed by atoms with E-state index >= 15 is 0 Å². The molecule has 6 aromatic rings. The van der Waals surface area contributed by atoms with Crippen LogP contribution >= 0.6 is 0 Å². The van der Waals surface area contributed by atoms with Crippen LogP contribution in [0.2, 0.25) is 0 Å². The molecule has 6 aromatic carbocycles. The van der Waals surface area contributed by atoms with Crippen LogP contribution in [0, 0.1) is 27.7 Å². The summed E-state index contributed by atoms with van der Waals surface area (Å²) in [5.41, 5.74) is 17.4. The fourth-order valence-corrected chi connectivity index (χ4v) is 8.18. The summed E-state index contributed by atoms with van der Waals surface area (Å²) in [7, 11) is 0. The van der Waals surface area contributed by atoms with Crippen LogP contribution in [0.3, 0.4) is 0 Å². The lowest BCUT2D eigenvalue weighted by molar-refractivity contribution is 0.422. The van der Waals surface area contributed by atoms with Crippen LogP contribution in [0.5, 0.6) is 0 Å². The van der Waals surface area contributed by atoms with Gasteiger partial charge in [0.2, 0.25) is 0 Å². The molecule has 0 radical (unpaired) electrons. The molecule has 0 fully saturated rings. The van der Waals surface area contributed by atoms with E-state index in [1.54, 1.807) is 0 Å². The van der Waals surface area contributed by atoms with Crippen molar-refractivity contribution >= 4 is 34.1 Å². The van der Waals surface area contributed by atoms with E-state index in [0.717, 1.165) is 61.3 Å². The van der Waals surface area contributed by atoms with Gasteiger partial charge < -0.3 is 9.80 Å². The Kier molecular flexibility index (Phi) is 10.5. The zero-order valence-electron chi connectivity index (χ0n) is 31.9. The number of benzene rings is 6. The zero-order chi connectivity index (χ0) is 37.0. The van der Waals surface area contributed by atoms with Crippen molar-refractivity contribution in [1.29, 1.82) is 0 Å². The third-order valence-corrected chi connectivity index (χ3v) is 11.0. The molecule has 0 aliphatic heterocycles. The first-order valence-electron chi connectivity index (χ1n) is 19.2. The number of rotatable bonds is 14. The number of fused-ring (bicyclic) bond motifs is 3. The molecule has 7 rings (SSSR count). The van der Waals surface area contributed by atoms with Crippen LogP contribution < -0.4 is 9.80 Å². The number of hydrogen-bond donors (Lipinski definition) is 0. The highest BCUT2D eigenvalue weighted by Crippen LogP contribution is 2.57. The predicted octanol–water partition coefficient (Wildman–Crippen LogP) is 14.8. The molecule has 0 amide bonds. The van der Waals surface area contributed by atoms with Crippen molar-refractivity contribution < 1.29 is 0 Å². The molecule has 0 atom stereocenters. The minimum atomic E-state index is -0.166. The maximum absolute atomic E-state index is 4.12. The van der Waals surface area contributed by atoms with Crippen molar-refractivity contribution in [2.45, 2.75) is 71.6 Å². The average Bonchev–Trinajstić information content (AvgIpc) is 3.43. The molecule has 53 heavy (non-hydrogen) atoms. The third kappa shape index (κ3) is 7.24. The normalized spacial score (nSPS) is 12.5. The first kappa shape index (κ1) is 35.8.